The van der Waals surface area contributed by atoms with Crippen molar-refractivity contribution in [2.24, 2.45) is 7.05 Å². The fourth-order valence-electron chi connectivity index (χ4n) is 1.40. The monoisotopic (exact) mass is 228 g/mol. The van der Waals surface area contributed by atoms with E-state index in [4.69, 9.17) is 5.26 Å². The fourth-order valence-corrected chi connectivity index (χ4v) is 1.40. The highest BCUT2D eigenvalue weighted by molar-refractivity contribution is 5.38. The van der Waals surface area contributed by atoms with Gasteiger partial charge in [-0.2, -0.15) is 10.4 Å². The summed E-state index contributed by atoms with van der Waals surface area (Å²) in [5.74, 6) is 1.48. The average Bonchev–Trinajstić information content (AvgIpc) is 2.75. The van der Waals surface area contributed by atoms with Gasteiger partial charge in [-0.25, -0.2) is 9.97 Å². The van der Waals surface area contributed by atoms with E-state index in [1.165, 1.54) is 0 Å². The van der Waals surface area contributed by atoms with Crippen LogP contribution in [0.4, 0.5) is 5.82 Å². The Morgan fingerprint density at radius 2 is 2.35 bits per heavy atom. The molecule has 0 saturated heterocycles. The lowest BCUT2D eigenvalue weighted by molar-refractivity contribution is 0.742. The van der Waals surface area contributed by atoms with Crippen LogP contribution in [0.5, 0.6) is 0 Å². The third-order valence-electron chi connectivity index (χ3n) is 2.17. The summed E-state index contributed by atoms with van der Waals surface area (Å²) in [7, 11) is 1.84. The standard InChI is InChI=1S/C11H12N6/c1-17-8-14-11(16-17)5-6-13-10-4-2-3-9(7-12)15-10/h2-4,8H,5-6H2,1H3,(H,13,15). The van der Waals surface area contributed by atoms with Crippen LogP contribution in [-0.2, 0) is 13.5 Å². The molecule has 0 bridgehead atoms. The van der Waals surface area contributed by atoms with Crippen LogP contribution < -0.4 is 5.32 Å². The van der Waals surface area contributed by atoms with E-state index >= 15 is 0 Å². The SMILES string of the molecule is Cn1cnc(CCNc2cccc(C#N)n2)n1. The number of aryl methyl sites for hydroxylation is 1. The molecular weight excluding hydrogens is 216 g/mol. The van der Waals surface area contributed by atoms with Gasteiger partial charge in [0.1, 0.15) is 23.9 Å². The maximum absolute atomic E-state index is 8.71. The highest BCUT2D eigenvalue weighted by Gasteiger charge is 1.99. The van der Waals surface area contributed by atoms with Gasteiger partial charge in [-0.1, -0.05) is 6.07 Å². The molecule has 0 aromatic carbocycles. The normalized spacial score (nSPS) is 9.88. The summed E-state index contributed by atoms with van der Waals surface area (Å²) in [6, 6.07) is 7.30. The maximum Gasteiger partial charge on any atom is 0.152 e. The Hall–Kier alpha value is -2.42. The third kappa shape index (κ3) is 3.01. The average molecular weight is 228 g/mol. The summed E-state index contributed by atoms with van der Waals surface area (Å²) in [6.45, 7) is 0.686. The second-order valence-electron chi connectivity index (χ2n) is 3.53. The number of aromatic nitrogens is 4. The molecule has 0 aliphatic carbocycles. The van der Waals surface area contributed by atoms with Crippen molar-refractivity contribution in [2.75, 3.05) is 11.9 Å². The molecule has 6 heteroatoms. The number of hydrogen-bond acceptors (Lipinski definition) is 5. The van der Waals surface area contributed by atoms with Gasteiger partial charge in [0.25, 0.3) is 0 Å². The molecule has 2 rings (SSSR count). The molecule has 0 atom stereocenters. The van der Waals surface area contributed by atoms with E-state index in [9.17, 15) is 0 Å². The molecule has 0 saturated carbocycles. The van der Waals surface area contributed by atoms with E-state index in [1.54, 1.807) is 23.1 Å². The second kappa shape index (κ2) is 5.07. The van der Waals surface area contributed by atoms with Crippen LogP contribution >= 0.6 is 0 Å². The van der Waals surface area contributed by atoms with Crippen molar-refractivity contribution in [3.63, 3.8) is 0 Å². The Morgan fingerprint density at radius 1 is 1.47 bits per heavy atom. The second-order valence-corrected chi connectivity index (χ2v) is 3.53. The summed E-state index contributed by atoms with van der Waals surface area (Å²) in [6.07, 6.45) is 2.39. The minimum absolute atomic E-state index is 0.408. The first kappa shape index (κ1) is 11.1. The molecule has 0 spiro atoms. The summed E-state index contributed by atoms with van der Waals surface area (Å²) in [5, 5.41) is 16.0. The smallest absolute Gasteiger partial charge is 0.152 e. The Balaban J connectivity index is 1.88. The van der Waals surface area contributed by atoms with Gasteiger partial charge in [-0.15, -0.1) is 0 Å². The van der Waals surface area contributed by atoms with E-state index in [1.807, 2.05) is 19.2 Å². The van der Waals surface area contributed by atoms with Crippen LogP contribution in [0.2, 0.25) is 0 Å². The Kier molecular flexibility index (Phi) is 3.31. The van der Waals surface area contributed by atoms with Gasteiger partial charge in [-0.05, 0) is 12.1 Å². The Morgan fingerprint density at radius 3 is 3.06 bits per heavy atom. The summed E-state index contributed by atoms with van der Waals surface area (Å²) in [4.78, 5) is 8.23. The lowest BCUT2D eigenvalue weighted by Crippen LogP contribution is -2.08. The molecule has 2 heterocycles. The van der Waals surface area contributed by atoms with Crippen LogP contribution in [0.1, 0.15) is 11.5 Å². The predicted octanol–water partition coefficient (Wildman–Crippen LogP) is 0.736. The topological polar surface area (TPSA) is 79.4 Å². The Bertz CT molecular complexity index is 539. The number of pyridine rings is 1. The third-order valence-corrected chi connectivity index (χ3v) is 2.17. The van der Waals surface area contributed by atoms with Gasteiger partial charge in [0.05, 0.1) is 0 Å². The highest BCUT2D eigenvalue weighted by atomic mass is 15.3. The number of hydrogen-bond donors (Lipinski definition) is 1. The van der Waals surface area contributed by atoms with E-state index < -0.39 is 0 Å². The van der Waals surface area contributed by atoms with Gasteiger partial charge in [0.15, 0.2) is 5.82 Å². The number of nitrogens with zero attached hydrogens (tertiary/aromatic N) is 5. The molecule has 0 aliphatic heterocycles. The summed E-state index contributed by atoms with van der Waals surface area (Å²) in [5.41, 5.74) is 0.408. The molecule has 0 radical (unpaired) electrons. The van der Waals surface area contributed by atoms with E-state index in [0.717, 1.165) is 12.2 Å². The lowest BCUT2D eigenvalue weighted by atomic mass is 10.3. The van der Waals surface area contributed by atoms with Crippen LogP contribution in [-0.4, -0.2) is 26.3 Å². The van der Waals surface area contributed by atoms with Gasteiger partial charge in [0, 0.05) is 20.0 Å². The molecule has 0 amide bonds. The number of nitrogens with one attached hydrogen (secondary N) is 1. The zero-order valence-corrected chi connectivity index (χ0v) is 9.46. The van der Waals surface area contributed by atoms with Gasteiger partial charge in [-0.3, -0.25) is 4.68 Å². The molecule has 0 unspecified atom stereocenters. The minimum Gasteiger partial charge on any atom is -0.370 e. The number of rotatable bonds is 4. The minimum atomic E-state index is 0.408. The molecule has 2 aromatic heterocycles. The van der Waals surface area contributed by atoms with E-state index in [-0.39, 0.29) is 0 Å². The highest BCUT2D eigenvalue weighted by Crippen LogP contribution is 2.03. The quantitative estimate of drug-likeness (QED) is 0.834. The van der Waals surface area contributed by atoms with E-state index in [0.29, 0.717) is 18.1 Å². The molecule has 2 aromatic rings. The van der Waals surface area contributed by atoms with Crippen molar-refractivity contribution >= 4 is 5.82 Å². The summed E-state index contributed by atoms with van der Waals surface area (Å²) >= 11 is 0. The fraction of sp³-hybridized carbons (Fsp3) is 0.273. The van der Waals surface area contributed by atoms with Crippen molar-refractivity contribution < 1.29 is 0 Å². The van der Waals surface area contributed by atoms with Crippen molar-refractivity contribution in [3.05, 3.63) is 36.0 Å². The van der Waals surface area contributed by atoms with Crippen molar-refractivity contribution in [2.45, 2.75) is 6.42 Å². The first-order chi connectivity index (χ1) is 8.28. The molecule has 86 valence electrons. The van der Waals surface area contributed by atoms with Gasteiger partial charge >= 0.3 is 0 Å². The van der Waals surface area contributed by atoms with Crippen LogP contribution in [0.3, 0.4) is 0 Å². The molecule has 6 nitrogen and oxygen atoms in total. The largest absolute Gasteiger partial charge is 0.370 e. The van der Waals surface area contributed by atoms with Crippen LogP contribution in [0.15, 0.2) is 24.5 Å². The van der Waals surface area contributed by atoms with E-state index in [2.05, 4.69) is 20.4 Å². The molecule has 0 fully saturated rings. The van der Waals surface area contributed by atoms with Gasteiger partial charge < -0.3 is 5.32 Å². The summed E-state index contributed by atoms with van der Waals surface area (Å²) < 4.78 is 1.67. The van der Waals surface area contributed by atoms with Crippen molar-refractivity contribution in [1.82, 2.24) is 19.7 Å². The van der Waals surface area contributed by atoms with Gasteiger partial charge in [0.2, 0.25) is 0 Å². The lowest BCUT2D eigenvalue weighted by Gasteiger charge is -2.03. The predicted molar refractivity (Wildman–Crippen MR) is 62.1 cm³/mol. The molecule has 0 aliphatic rings. The van der Waals surface area contributed by atoms with Crippen LogP contribution in [0.25, 0.3) is 0 Å². The number of nitriles is 1. The number of anilines is 1. The first-order valence-corrected chi connectivity index (χ1v) is 5.23. The first-order valence-electron chi connectivity index (χ1n) is 5.23. The van der Waals surface area contributed by atoms with Crippen molar-refractivity contribution in [1.29, 1.82) is 5.26 Å². The van der Waals surface area contributed by atoms with Crippen LogP contribution in [0, 0.1) is 11.3 Å². The molecular formula is C11H12N6. The van der Waals surface area contributed by atoms with Crippen molar-refractivity contribution in [3.8, 4) is 6.07 Å². The Labute approximate surface area is 98.9 Å². The zero-order chi connectivity index (χ0) is 12.1. The molecule has 1 N–H and O–H groups in total. The zero-order valence-electron chi connectivity index (χ0n) is 9.46. The maximum atomic E-state index is 8.71. The molecule has 17 heavy (non-hydrogen) atoms.